The van der Waals surface area contributed by atoms with Gasteiger partial charge in [-0.25, -0.2) is 9.98 Å². The maximum absolute atomic E-state index is 13.5. The van der Waals surface area contributed by atoms with Crippen molar-refractivity contribution in [3.05, 3.63) is 50.6 Å². The van der Waals surface area contributed by atoms with Crippen molar-refractivity contribution in [1.29, 1.82) is 0 Å². The number of fused-ring (bicyclic) bond motifs is 2. The molecule has 3 aromatic rings. The van der Waals surface area contributed by atoms with Crippen LogP contribution in [0.15, 0.2) is 29.3 Å². The third-order valence-corrected chi connectivity index (χ3v) is 9.18. The van der Waals surface area contributed by atoms with Crippen molar-refractivity contribution in [2.75, 3.05) is 33.8 Å². The van der Waals surface area contributed by atoms with E-state index in [1.54, 1.807) is 37.2 Å². The van der Waals surface area contributed by atoms with E-state index in [1.165, 1.54) is 11.3 Å². The third-order valence-electron chi connectivity index (χ3n) is 7.87. The molecule has 0 spiro atoms. The van der Waals surface area contributed by atoms with E-state index in [4.69, 9.17) is 16.3 Å². The fourth-order valence-corrected chi connectivity index (χ4v) is 6.97. The van der Waals surface area contributed by atoms with Crippen molar-refractivity contribution < 1.29 is 19.1 Å². The van der Waals surface area contributed by atoms with Crippen LogP contribution in [0.2, 0.25) is 5.02 Å². The molecule has 1 aromatic carbocycles. The average molecular weight is 598 g/mol. The molecule has 3 amide bonds. The van der Waals surface area contributed by atoms with Gasteiger partial charge in [-0.15, -0.1) is 11.3 Å². The number of carbonyl (C=O) groups is 3. The van der Waals surface area contributed by atoms with Gasteiger partial charge in [-0.3, -0.25) is 14.4 Å². The summed E-state index contributed by atoms with van der Waals surface area (Å²) in [5.74, 6) is -0.805. The van der Waals surface area contributed by atoms with E-state index < -0.39 is 6.04 Å². The minimum Gasteiger partial charge on any atom is -0.463 e. The van der Waals surface area contributed by atoms with E-state index in [0.717, 1.165) is 28.0 Å². The number of aliphatic imine (C=N–C) groups is 1. The lowest BCUT2D eigenvalue weighted by Crippen LogP contribution is -2.56. The minimum atomic E-state index is -0.438. The first-order valence-electron chi connectivity index (χ1n) is 13.8. The topological polar surface area (TPSA) is 132 Å². The summed E-state index contributed by atoms with van der Waals surface area (Å²) in [6.45, 7) is 2.61. The zero-order valence-corrected chi connectivity index (χ0v) is 24.5. The zero-order chi connectivity index (χ0) is 28.7. The van der Waals surface area contributed by atoms with Gasteiger partial charge in [0.05, 0.1) is 24.8 Å². The summed E-state index contributed by atoms with van der Waals surface area (Å²) in [5, 5.41) is 8.02. The van der Waals surface area contributed by atoms with Crippen LogP contribution < -0.4 is 10.6 Å². The summed E-state index contributed by atoms with van der Waals surface area (Å²) in [7, 11) is 3.47. The van der Waals surface area contributed by atoms with Crippen molar-refractivity contribution >= 4 is 57.6 Å². The molecule has 0 bridgehead atoms. The quantitative estimate of drug-likeness (QED) is 0.414. The number of carbonyl (C=O) groups excluding carboxylic acids is 3. The predicted molar refractivity (Wildman–Crippen MR) is 156 cm³/mol. The number of aromatic nitrogens is 2. The molecule has 13 heteroatoms. The van der Waals surface area contributed by atoms with Gasteiger partial charge in [0, 0.05) is 59.8 Å². The number of amidine groups is 1. The number of halogens is 1. The summed E-state index contributed by atoms with van der Waals surface area (Å²) < 4.78 is 5.61. The fourth-order valence-electron chi connectivity index (χ4n) is 5.77. The highest BCUT2D eigenvalue weighted by atomic mass is 35.5. The number of aromatic amines is 1. The van der Waals surface area contributed by atoms with E-state index in [9.17, 15) is 14.4 Å². The van der Waals surface area contributed by atoms with Crippen LogP contribution in [0, 0.1) is 5.92 Å². The van der Waals surface area contributed by atoms with Gasteiger partial charge in [0.2, 0.25) is 5.91 Å². The Kier molecular flexibility index (Phi) is 7.60. The molecule has 1 fully saturated rings. The van der Waals surface area contributed by atoms with Crippen molar-refractivity contribution in [3.63, 3.8) is 0 Å². The molecule has 2 aromatic heterocycles. The van der Waals surface area contributed by atoms with Crippen LogP contribution in [-0.2, 0) is 22.5 Å². The van der Waals surface area contributed by atoms with Gasteiger partial charge >= 0.3 is 0 Å². The second kappa shape index (κ2) is 11.3. The summed E-state index contributed by atoms with van der Waals surface area (Å²) in [6.07, 6.45) is 2.30. The maximum atomic E-state index is 13.5. The van der Waals surface area contributed by atoms with E-state index in [1.807, 2.05) is 6.07 Å². The summed E-state index contributed by atoms with van der Waals surface area (Å²) >= 11 is 7.48. The molecule has 1 aliphatic carbocycles. The normalized spacial score (nSPS) is 22.1. The summed E-state index contributed by atoms with van der Waals surface area (Å²) in [6, 6.07) is 7.02. The van der Waals surface area contributed by atoms with Crippen molar-refractivity contribution in [3.8, 4) is 0 Å². The Labute approximate surface area is 246 Å². The minimum absolute atomic E-state index is 0.0170. The molecule has 2 aliphatic heterocycles. The van der Waals surface area contributed by atoms with Gasteiger partial charge in [-0.05, 0) is 43.5 Å². The van der Waals surface area contributed by atoms with Crippen LogP contribution in [0.25, 0.3) is 10.9 Å². The molecule has 41 heavy (non-hydrogen) atoms. The SMILES string of the molecule is CN(C)C(=O)[C@H]1CCC(NC(=O)c2cc3cc(Cl)ccc3[nH]2)[C@H](NC(=O)c2nc3c(s2)CN(C2=NCCO2)CC3)C1. The van der Waals surface area contributed by atoms with E-state index >= 15 is 0 Å². The zero-order valence-electron chi connectivity index (χ0n) is 22.9. The van der Waals surface area contributed by atoms with E-state index in [2.05, 4.69) is 30.5 Å². The third kappa shape index (κ3) is 5.76. The number of nitrogens with zero attached hydrogens (tertiary/aromatic N) is 4. The second-order valence-electron chi connectivity index (χ2n) is 10.9. The van der Waals surface area contributed by atoms with Crippen molar-refractivity contribution in [1.82, 2.24) is 30.4 Å². The molecule has 0 radical (unpaired) electrons. The first-order valence-corrected chi connectivity index (χ1v) is 15.0. The fraction of sp³-hybridized carbons (Fsp3) is 0.464. The lowest BCUT2D eigenvalue weighted by Gasteiger charge is -2.37. The number of rotatable bonds is 5. The van der Waals surface area contributed by atoms with Crippen molar-refractivity contribution in [2.24, 2.45) is 10.9 Å². The Morgan fingerprint density at radius 2 is 1.98 bits per heavy atom. The highest BCUT2D eigenvalue weighted by molar-refractivity contribution is 7.13. The van der Waals surface area contributed by atoms with Gasteiger partial charge < -0.3 is 30.2 Å². The molecule has 0 saturated heterocycles. The molecule has 1 saturated carbocycles. The van der Waals surface area contributed by atoms with Crippen LogP contribution in [0.4, 0.5) is 0 Å². The number of nitrogens with one attached hydrogen (secondary N) is 3. The highest BCUT2D eigenvalue weighted by Gasteiger charge is 2.37. The molecule has 1 unspecified atom stereocenters. The molecule has 11 nitrogen and oxygen atoms in total. The Bertz CT molecular complexity index is 1530. The largest absolute Gasteiger partial charge is 0.463 e. The van der Waals surface area contributed by atoms with Crippen LogP contribution in [0.3, 0.4) is 0 Å². The lowest BCUT2D eigenvalue weighted by atomic mass is 9.81. The first-order chi connectivity index (χ1) is 19.7. The number of benzene rings is 1. The molecule has 3 N–H and O–H groups in total. The Morgan fingerprint density at radius 3 is 2.76 bits per heavy atom. The lowest BCUT2D eigenvalue weighted by molar-refractivity contribution is -0.134. The molecule has 4 heterocycles. The number of ether oxygens (including phenoxy) is 1. The number of amides is 3. The monoisotopic (exact) mass is 597 g/mol. The molecule has 3 atom stereocenters. The van der Waals surface area contributed by atoms with Gasteiger partial charge in [0.25, 0.3) is 17.8 Å². The van der Waals surface area contributed by atoms with Crippen molar-refractivity contribution in [2.45, 2.75) is 44.3 Å². The number of H-pyrrole nitrogens is 1. The molecular weight excluding hydrogens is 566 g/mol. The Hall–Kier alpha value is -3.64. The van der Waals surface area contributed by atoms with Gasteiger partial charge in [-0.2, -0.15) is 0 Å². The molecule has 216 valence electrons. The molecule has 6 rings (SSSR count). The van der Waals surface area contributed by atoms with E-state index in [0.29, 0.717) is 67.1 Å². The van der Waals surface area contributed by atoms with E-state index in [-0.39, 0.29) is 29.7 Å². The number of hydrogen-bond donors (Lipinski definition) is 3. The second-order valence-corrected chi connectivity index (χ2v) is 12.4. The van der Waals surface area contributed by atoms with Gasteiger partial charge in [0.1, 0.15) is 12.3 Å². The molecule has 3 aliphatic rings. The summed E-state index contributed by atoms with van der Waals surface area (Å²) in [5.41, 5.74) is 2.14. The Morgan fingerprint density at radius 1 is 1.15 bits per heavy atom. The summed E-state index contributed by atoms with van der Waals surface area (Å²) in [4.78, 5) is 56.4. The number of thiazole rings is 1. The van der Waals surface area contributed by atoms with Crippen LogP contribution in [-0.4, -0.2) is 89.4 Å². The number of hydrogen-bond acceptors (Lipinski definition) is 8. The first kappa shape index (κ1) is 27.5. The molecular formula is C28H32ClN7O4S. The average Bonchev–Trinajstić information content (AvgIpc) is 3.72. The highest BCUT2D eigenvalue weighted by Crippen LogP contribution is 2.29. The van der Waals surface area contributed by atoms with Crippen LogP contribution >= 0.6 is 22.9 Å². The maximum Gasteiger partial charge on any atom is 0.287 e. The standard InChI is InChI=1S/C28H32ClN7O4S/c1-35(2)27(39)15-3-5-19(32-24(37)22-13-16-11-17(29)4-6-18(16)31-22)21(12-15)33-25(38)26-34-20-7-9-36(14-23(20)41-26)28-30-8-10-40-28/h4,6,11,13,15,19,21,31H,3,5,7-10,12,14H2,1-2H3,(H,32,37)(H,33,38)/t15-,19?,21+/m0/s1. The van der Waals surface area contributed by atoms with Crippen LogP contribution in [0.1, 0.15) is 50.1 Å². The van der Waals surface area contributed by atoms with Crippen LogP contribution in [0.5, 0.6) is 0 Å². The Balaban J connectivity index is 1.18. The van der Waals surface area contributed by atoms with Gasteiger partial charge in [0.15, 0.2) is 5.01 Å². The smallest absolute Gasteiger partial charge is 0.287 e. The predicted octanol–water partition coefficient (Wildman–Crippen LogP) is 2.81. The van der Waals surface area contributed by atoms with Gasteiger partial charge in [-0.1, -0.05) is 11.6 Å².